The molecule has 0 spiro atoms. The lowest BCUT2D eigenvalue weighted by molar-refractivity contribution is -0.139. The second kappa shape index (κ2) is 8.85. The van der Waals surface area contributed by atoms with Gasteiger partial charge in [0.15, 0.2) is 5.78 Å². The van der Waals surface area contributed by atoms with E-state index in [9.17, 15) is 18.0 Å². The summed E-state index contributed by atoms with van der Waals surface area (Å²) in [5.41, 5.74) is -0.603. The highest BCUT2D eigenvalue weighted by atomic mass is 19.4. The molecule has 0 atom stereocenters. The first-order valence-electron chi connectivity index (χ1n) is 8.53. The van der Waals surface area contributed by atoms with Crippen molar-refractivity contribution in [3.05, 3.63) is 65.2 Å². The average Bonchev–Trinajstić information content (AvgIpc) is 2.64. The number of alkyl halides is 3. The van der Waals surface area contributed by atoms with Crippen molar-refractivity contribution in [2.24, 2.45) is 0 Å². The molecule has 0 amide bonds. The van der Waals surface area contributed by atoms with Crippen LogP contribution in [0.1, 0.15) is 35.3 Å². The fourth-order valence-corrected chi connectivity index (χ4v) is 2.60. The zero-order valence-corrected chi connectivity index (χ0v) is 14.8. The summed E-state index contributed by atoms with van der Waals surface area (Å²) < 4.78 is 45.6. The highest BCUT2D eigenvalue weighted by molar-refractivity contribution is 6.09. The molecule has 0 bridgehead atoms. The first-order chi connectivity index (χ1) is 12.4. The molecule has 0 fully saturated rings. The highest BCUT2D eigenvalue weighted by Crippen LogP contribution is 2.37. The number of nitrogens with zero attached hydrogens (tertiary/aromatic N) is 1. The number of halogens is 3. The van der Waals surface area contributed by atoms with Gasteiger partial charge in [-0.25, -0.2) is 0 Å². The molecule has 26 heavy (non-hydrogen) atoms. The van der Waals surface area contributed by atoms with Crippen LogP contribution in [0.25, 0.3) is 0 Å². The van der Waals surface area contributed by atoms with Gasteiger partial charge in [-0.15, -0.1) is 0 Å². The number of hydrogen-bond acceptors (Lipinski definition) is 3. The summed E-state index contributed by atoms with van der Waals surface area (Å²) in [6.07, 6.45) is -4.60. The zero-order chi connectivity index (χ0) is 19.2. The monoisotopic (exact) mass is 365 g/mol. The van der Waals surface area contributed by atoms with Crippen molar-refractivity contribution in [3.63, 3.8) is 0 Å². The molecular weight excluding hydrogens is 343 g/mol. The average molecular weight is 365 g/mol. The Labute approximate surface area is 151 Å². The summed E-state index contributed by atoms with van der Waals surface area (Å²) in [4.78, 5) is 14.5. The molecule has 0 aliphatic heterocycles. The van der Waals surface area contributed by atoms with Crippen molar-refractivity contribution in [1.82, 2.24) is 4.90 Å². The van der Waals surface area contributed by atoms with E-state index in [0.717, 1.165) is 19.2 Å². The lowest BCUT2D eigenvalue weighted by atomic mass is 10.0. The number of hydrogen-bond donors (Lipinski definition) is 0. The van der Waals surface area contributed by atoms with Crippen molar-refractivity contribution in [2.75, 3.05) is 26.2 Å². The van der Waals surface area contributed by atoms with Crippen molar-refractivity contribution >= 4 is 5.78 Å². The summed E-state index contributed by atoms with van der Waals surface area (Å²) in [5.74, 6) is -0.708. The van der Waals surface area contributed by atoms with Gasteiger partial charge in [-0.2, -0.15) is 13.2 Å². The number of rotatable bonds is 8. The number of likely N-dealkylation sites (N-methyl/N-ethyl adjacent to an activating group) is 1. The van der Waals surface area contributed by atoms with Crippen LogP contribution in [0.3, 0.4) is 0 Å². The number of carbonyl (C=O) groups is 1. The van der Waals surface area contributed by atoms with E-state index in [1.54, 1.807) is 30.3 Å². The van der Waals surface area contributed by atoms with E-state index >= 15 is 0 Å². The zero-order valence-electron chi connectivity index (χ0n) is 14.8. The number of ether oxygens (including phenoxy) is 1. The first kappa shape index (κ1) is 20.0. The maximum Gasteiger partial charge on any atom is 0.419 e. The fourth-order valence-electron chi connectivity index (χ4n) is 2.60. The van der Waals surface area contributed by atoms with Crippen molar-refractivity contribution in [2.45, 2.75) is 20.0 Å². The highest BCUT2D eigenvalue weighted by Gasteiger charge is 2.35. The van der Waals surface area contributed by atoms with Gasteiger partial charge >= 0.3 is 6.18 Å². The smallest absolute Gasteiger partial charge is 0.419 e. The number of ketones is 1. The maximum absolute atomic E-state index is 13.4. The van der Waals surface area contributed by atoms with Gasteiger partial charge in [0.25, 0.3) is 0 Å². The second-order valence-corrected chi connectivity index (χ2v) is 5.78. The van der Waals surface area contributed by atoms with Crippen molar-refractivity contribution in [3.8, 4) is 5.75 Å². The Bertz CT molecular complexity index is 726. The van der Waals surface area contributed by atoms with E-state index in [1.165, 1.54) is 12.1 Å². The third-order valence-corrected chi connectivity index (χ3v) is 4.14. The van der Waals surface area contributed by atoms with E-state index < -0.39 is 17.5 Å². The Morgan fingerprint density at radius 1 is 1.00 bits per heavy atom. The molecule has 0 radical (unpaired) electrons. The van der Waals surface area contributed by atoms with Crippen LogP contribution in [0.5, 0.6) is 5.75 Å². The minimum atomic E-state index is -4.60. The third-order valence-electron chi connectivity index (χ3n) is 4.14. The molecule has 2 rings (SSSR count). The minimum absolute atomic E-state index is 0.0142. The molecule has 3 nitrogen and oxygen atoms in total. The molecule has 2 aromatic rings. The molecule has 0 saturated carbocycles. The van der Waals surface area contributed by atoms with Gasteiger partial charge in [0.05, 0.1) is 5.56 Å². The van der Waals surface area contributed by atoms with Crippen LogP contribution in [0.15, 0.2) is 48.5 Å². The van der Waals surface area contributed by atoms with Gasteiger partial charge in [0.1, 0.15) is 12.4 Å². The normalized spacial score (nSPS) is 11.6. The Morgan fingerprint density at radius 2 is 1.65 bits per heavy atom. The van der Waals surface area contributed by atoms with Gasteiger partial charge in [-0.3, -0.25) is 4.79 Å². The van der Waals surface area contributed by atoms with Crippen molar-refractivity contribution in [1.29, 1.82) is 0 Å². The Kier molecular flexibility index (Phi) is 6.80. The van der Waals surface area contributed by atoms with Crippen LogP contribution in [-0.4, -0.2) is 36.9 Å². The summed E-state index contributed by atoms with van der Waals surface area (Å²) in [5, 5.41) is 0. The standard InChI is InChI=1S/C20H22F3NO2/c1-3-24(4-2)12-13-26-18-11-10-16(14-17(18)20(21,22)23)19(25)15-8-6-5-7-9-15/h5-11,14H,3-4,12-13H2,1-2H3. The molecule has 2 aromatic carbocycles. The third kappa shape index (κ3) is 5.08. The molecular formula is C20H22F3NO2. The fraction of sp³-hybridized carbons (Fsp3) is 0.350. The van der Waals surface area contributed by atoms with Gasteiger partial charge < -0.3 is 9.64 Å². The van der Waals surface area contributed by atoms with Crippen LogP contribution in [0.4, 0.5) is 13.2 Å². The minimum Gasteiger partial charge on any atom is -0.492 e. The van der Waals surface area contributed by atoms with E-state index in [0.29, 0.717) is 12.1 Å². The van der Waals surface area contributed by atoms with Gasteiger partial charge in [0, 0.05) is 17.7 Å². The Morgan fingerprint density at radius 3 is 2.23 bits per heavy atom. The van der Waals surface area contributed by atoms with Crippen LogP contribution in [0, 0.1) is 0 Å². The second-order valence-electron chi connectivity index (χ2n) is 5.78. The van der Waals surface area contributed by atoms with Crippen molar-refractivity contribution < 1.29 is 22.7 Å². The molecule has 0 N–H and O–H groups in total. The maximum atomic E-state index is 13.4. The van der Waals surface area contributed by atoms with E-state index in [4.69, 9.17) is 4.74 Å². The van der Waals surface area contributed by atoms with Gasteiger partial charge in [0.2, 0.25) is 0 Å². The van der Waals surface area contributed by atoms with Crippen LogP contribution in [-0.2, 0) is 6.18 Å². The molecule has 0 aliphatic rings. The topological polar surface area (TPSA) is 29.5 Å². The molecule has 0 unspecified atom stereocenters. The largest absolute Gasteiger partial charge is 0.492 e. The SMILES string of the molecule is CCN(CC)CCOc1ccc(C(=O)c2ccccc2)cc1C(F)(F)F. The Hall–Kier alpha value is -2.34. The summed E-state index contributed by atoms with van der Waals surface area (Å²) >= 11 is 0. The molecule has 0 aliphatic carbocycles. The summed E-state index contributed by atoms with van der Waals surface area (Å²) in [7, 11) is 0. The summed E-state index contributed by atoms with van der Waals surface area (Å²) in [6, 6.07) is 11.7. The van der Waals surface area contributed by atoms with Crippen LogP contribution < -0.4 is 4.74 Å². The number of carbonyl (C=O) groups excluding carboxylic acids is 1. The van der Waals surface area contributed by atoms with E-state index in [2.05, 4.69) is 4.90 Å². The molecule has 140 valence electrons. The molecule has 0 heterocycles. The van der Waals surface area contributed by atoms with Crippen LogP contribution >= 0.6 is 0 Å². The lowest BCUT2D eigenvalue weighted by Gasteiger charge is -2.20. The predicted octanol–water partition coefficient (Wildman–Crippen LogP) is 4.66. The first-order valence-corrected chi connectivity index (χ1v) is 8.53. The summed E-state index contributed by atoms with van der Waals surface area (Å²) in [6.45, 7) is 6.25. The predicted molar refractivity (Wildman–Crippen MR) is 94.6 cm³/mol. The quantitative estimate of drug-likeness (QED) is 0.638. The Balaban J connectivity index is 2.23. The number of benzene rings is 2. The van der Waals surface area contributed by atoms with Gasteiger partial charge in [-0.1, -0.05) is 44.2 Å². The van der Waals surface area contributed by atoms with Gasteiger partial charge in [-0.05, 0) is 31.3 Å². The molecule has 6 heteroatoms. The lowest BCUT2D eigenvalue weighted by Crippen LogP contribution is -2.28. The van der Waals surface area contributed by atoms with Crippen LogP contribution in [0.2, 0.25) is 0 Å². The molecule has 0 saturated heterocycles. The molecule has 0 aromatic heterocycles. The van der Waals surface area contributed by atoms with E-state index in [1.807, 2.05) is 13.8 Å². The van der Waals surface area contributed by atoms with E-state index in [-0.39, 0.29) is 17.9 Å².